The molecule has 0 saturated heterocycles. The van der Waals surface area contributed by atoms with Gasteiger partial charge in [-0.15, -0.1) is 10.2 Å². The van der Waals surface area contributed by atoms with Crippen molar-refractivity contribution >= 4 is 49.7 Å². The van der Waals surface area contributed by atoms with Crippen LogP contribution in [0.4, 0.5) is 10.8 Å². The predicted molar refractivity (Wildman–Crippen MR) is 117 cm³/mol. The maximum absolute atomic E-state index is 12.8. The van der Waals surface area contributed by atoms with Gasteiger partial charge in [-0.05, 0) is 31.5 Å². The average Bonchev–Trinajstić information content (AvgIpc) is 3.12. The van der Waals surface area contributed by atoms with E-state index in [1.165, 1.54) is 24.3 Å². The lowest BCUT2D eigenvalue weighted by Gasteiger charge is -2.29. The van der Waals surface area contributed by atoms with Gasteiger partial charge in [-0.3, -0.25) is 14.4 Å². The molecule has 0 aliphatic carbocycles. The predicted octanol–water partition coefficient (Wildman–Crippen LogP) is 3.96. The molecule has 0 radical (unpaired) electrons. The summed E-state index contributed by atoms with van der Waals surface area (Å²) in [4.78, 5) is 12.8. The molecule has 1 heterocycles. The number of aryl methyl sites for hydroxylation is 1. The molecule has 3 rings (SSSR count). The van der Waals surface area contributed by atoms with Crippen molar-refractivity contribution in [2.45, 2.75) is 19.9 Å². The lowest BCUT2D eigenvalue weighted by Crippen LogP contribution is -2.45. The fourth-order valence-corrected chi connectivity index (χ4v) is 4.92. The van der Waals surface area contributed by atoms with E-state index in [2.05, 4.69) is 15.5 Å². The van der Waals surface area contributed by atoms with Crippen LogP contribution in [0.5, 0.6) is 0 Å². The number of carbonyl (C=O) groups is 1. The molecular formula is C19H19ClN4O3S2. The third-order valence-corrected chi connectivity index (χ3v) is 6.52. The van der Waals surface area contributed by atoms with E-state index in [1.54, 1.807) is 19.1 Å². The molecule has 0 aliphatic heterocycles. The normalized spacial score (nSPS) is 12.4. The summed E-state index contributed by atoms with van der Waals surface area (Å²) < 4.78 is 26.0. The highest BCUT2D eigenvalue weighted by Crippen LogP contribution is 2.30. The summed E-state index contributed by atoms with van der Waals surface area (Å²) >= 11 is 7.26. The smallest absolute Gasteiger partial charge is 0.249 e. The van der Waals surface area contributed by atoms with Gasteiger partial charge in [0.2, 0.25) is 21.1 Å². The van der Waals surface area contributed by atoms with E-state index in [1.807, 2.05) is 30.3 Å². The molecule has 1 atom stereocenters. The van der Waals surface area contributed by atoms with Crippen molar-refractivity contribution < 1.29 is 13.2 Å². The second kappa shape index (κ2) is 8.48. The van der Waals surface area contributed by atoms with Crippen LogP contribution in [0.3, 0.4) is 0 Å². The van der Waals surface area contributed by atoms with Gasteiger partial charge in [0.25, 0.3) is 0 Å². The Hall–Kier alpha value is -2.49. The summed E-state index contributed by atoms with van der Waals surface area (Å²) in [6, 6.07) is 13.3. The third-order valence-electron chi connectivity index (χ3n) is 4.17. The Morgan fingerprint density at radius 1 is 1.17 bits per heavy atom. The van der Waals surface area contributed by atoms with E-state index < -0.39 is 22.0 Å². The minimum Gasteiger partial charge on any atom is -0.299 e. The van der Waals surface area contributed by atoms with Crippen molar-refractivity contribution in [3.05, 3.63) is 59.1 Å². The number of amides is 1. The van der Waals surface area contributed by atoms with Crippen LogP contribution in [0.2, 0.25) is 5.02 Å². The van der Waals surface area contributed by atoms with Crippen molar-refractivity contribution in [1.29, 1.82) is 0 Å². The van der Waals surface area contributed by atoms with Gasteiger partial charge in [-0.2, -0.15) is 0 Å². The number of halogens is 1. The zero-order chi connectivity index (χ0) is 21.2. The first kappa shape index (κ1) is 21.2. The van der Waals surface area contributed by atoms with E-state index in [-0.39, 0.29) is 5.13 Å². The molecule has 0 saturated carbocycles. The Morgan fingerprint density at radius 3 is 2.52 bits per heavy atom. The number of rotatable bonds is 6. The second-order valence-corrected chi connectivity index (χ2v) is 9.71. The SMILES string of the molecule is Cc1ccc(Cl)cc1N([C@H](C)C(=O)Nc1nnc(-c2ccccc2)s1)S(C)(=O)=O. The molecule has 1 aromatic heterocycles. The van der Waals surface area contributed by atoms with E-state index >= 15 is 0 Å². The number of carbonyl (C=O) groups excluding carboxylic acids is 1. The van der Waals surface area contributed by atoms with Crippen LogP contribution in [0.15, 0.2) is 48.5 Å². The molecule has 0 aliphatic rings. The average molecular weight is 451 g/mol. The molecule has 0 fully saturated rings. The van der Waals surface area contributed by atoms with Crippen LogP contribution in [0.1, 0.15) is 12.5 Å². The summed E-state index contributed by atoms with van der Waals surface area (Å²) in [5.74, 6) is -0.523. The number of nitrogens with one attached hydrogen (secondary N) is 1. The molecule has 1 amide bonds. The van der Waals surface area contributed by atoms with Crippen LogP contribution in [0.25, 0.3) is 10.6 Å². The van der Waals surface area contributed by atoms with Gasteiger partial charge in [0, 0.05) is 10.6 Å². The molecule has 152 valence electrons. The van der Waals surface area contributed by atoms with Gasteiger partial charge in [0.1, 0.15) is 11.0 Å². The first-order valence-electron chi connectivity index (χ1n) is 8.62. The zero-order valence-corrected chi connectivity index (χ0v) is 18.3. The van der Waals surface area contributed by atoms with Crippen LogP contribution < -0.4 is 9.62 Å². The fraction of sp³-hybridized carbons (Fsp3) is 0.211. The van der Waals surface area contributed by atoms with Gasteiger partial charge < -0.3 is 0 Å². The number of anilines is 2. The van der Waals surface area contributed by atoms with Gasteiger partial charge in [-0.1, -0.05) is 59.3 Å². The molecule has 0 bridgehead atoms. The van der Waals surface area contributed by atoms with Crippen LogP contribution in [0, 0.1) is 6.92 Å². The van der Waals surface area contributed by atoms with Gasteiger partial charge in [0.15, 0.2) is 0 Å². The lowest BCUT2D eigenvalue weighted by atomic mass is 10.2. The van der Waals surface area contributed by atoms with Gasteiger partial charge in [0.05, 0.1) is 11.9 Å². The van der Waals surface area contributed by atoms with Crippen molar-refractivity contribution in [1.82, 2.24) is 10.2 Å². The monoisotopic (exact) mass is 450 g/mol. The van der Waals surface area contributed by atoms with E-state index in [9.17, 15) is 13.2 Å². The summed E-state index contributed by atoms with van der Waals surface area (Å²) in [6.07, 6.45) is 1.05. The highest BCUT2D eigenvalue weighted by molar-refractivity contribution is 7.92. The number of aromatic nitrogens is 2. The molecule has 3 aromatic rings. The van der Waals surface area contributed by atoms with Crippen molar-refractivity contribution in [2.75, 3.05) is 15.9 Å². The van der Waals surface area contributed by atoms with E-state index in [4.69, 9.17) is 11.6 Å². The molecular weight excluding hydrogens is 432 g/mol. The number of benzene rings is 2. The topological polar surface area (TPSA) is 92.3 Å². The maximum atomic E-state index is 12.8. The van der Waals surface area contributed by atoms with E-state index in [0.29, 0.717) is 21.3 Å². The Balaban J connectivity index is 1.85. The minimum atomic E-state index is -3.75. The fourth-order valence-electron chi connectivity index (χ4n) is 2.78. The summed E-state index contributed by atoms with van der Waals surface area (Å²) in [5.41, 5.74) is 1.91. The number of hydrogen-bond donors (Lipinski definition) is 1. The number of nitrogens with zero attached hydrogens (tertiary/aromatic N) is 3. The Morgan fingerprint density at radius 2 is 1.86 bits per heavy atom. The number of sulfonamides is 1. The van der Waals surface area contributed by atoms with Crippen LogP contribution in [-0.2, 0) is 14.8 Å². The Bertz CT molecular complexity index is 1130. The van der Waals surface area contributed by atoms with Crippen LogP contribution >= 0.6 is 22.9 Å². The Kier molecular flexibility index (Phi) is 6.21. The summed E-state index contributed by atoms with van der Waals surface area (Å²) in [7, 11) is -3.75. The zero-order valence-electron chi connectivity index (χ0n) is 16.0. The molecule has 2 aromatic carbocycles. The second-order valence-electron chi connectivity index (χ2n) is 6.43. The first-order valence-corrected chi connectivity index (χ1v) is 11.7. The molecule has 10 heteroatoms. The summed E-state index contributed by atoms with van der Waals surface area (Å²) in [5, 5.41) is 12.0. The summed E-state index contributed by atoms with van der Waals surface area (Å²) in [6.45, 7) is 3.27. The van der Waals surface area contributed by atoms with Crippen LogP contribution in [-0.4, -0.2) is 36.8 Å². The largest absolute Gasteiger partial charge is 0.299 e. The molecule has 29 heavy (non-hydrogen) atoms. The quantitative estimate of drug-likeness (QED) is 0.613. The molecule has 0 unspecified atom stereocenters. The Labute approximate surface area is 178 Å². The van der Waals surface area contributed by atoms with Crippen molar-refractivity contribution in [3.63, 3.8) is 0 Å². The highest BCUT2D eigenvalue weighted by Gasteiger charge is 2.31. The van der Waals surface area contributed by atoms with Gasteiger partial charge in [-0.25, -0.2) is 8.42 Å². The van der Waals surface area contributed by atoms with Gasteiger partial charge >= 0.3 is 0 Å². The first-order chi connectivity index (χ1) is 13.7. The molecule has 0 spiro atoms. The molecule has 7 nitrogen and oxygen atoms in total. The lowest BCUT2D eigenvalue weighted by molar-refractivity contribution is -0.116. The highest BCUT2D eigenvalue weighted by atomic mass is 35.5. The minimum absolute atomic E-state index is 0.289. The van der Waals surface area contributed by atoms with E-state index in [0.717, 1.165) is 16.1 Å². The maximum Gasteiger partial charge on any atom is 0.249 e. The van der Waals surface area contributed by atoms with Crippen molar-refractivity contribution in [2.24, 2.45) is 0 Å². The molecule has 1 N–H and O–H groups in total. The van der Waals surface area contributed by atoms with Crippen molar-refractivity contribution in [3.8, 4) is 10.6 Å². The number of hydrogen-bond acceptors (Lipinski definition) is 6. The standard InChI is InChI=1S/C19H19ClN4O3S2/c1-12-9-10-15(20)11-16(12)24(29(3,26)27)13(2)17(25)21-19-23-22-18(28-19)14-7-5-4-6-8-14/h4-11,13H,1-3H3,(H,21,23,25)/t13-/m1/s1. The third kappa shape index (κ3) is 4.92.